The van der Waals surface area contributed by atoms with Gasteiger partial charge in [0.1, 0.15) is 6.17 Å². The summed E-state index contributed by atoms with van der Waals surface area (Å²) in [4.78, 5) is 14.1. The molecule has 0 saturated heterocycles. The predicted octanol–water partition coefficient (Wildman–Crippen LogP) is 3.32. The molecule has 1 amide bonds. The zero-order valence-corrected chi connectivity index (χ0v) is 12.1. The Morgan fingerprint density at radius 3 is 2.57 bits per heavy atom. The van der Waals surface area contributed by atoms with Gasteiger partial charge < -0.3 is 4.90 Å². The third-order valence-corrected chi connectivity index (χ3v) is 4.26. The number of benzene rings is 2. The monoisotopic (exact) mass is 319 g/mol. The van der Waals surface area contributed by atoms with E-state index >= 15 is 0 Å². The van der Waals surface area contributed by atoms with Crippen molar-refractivity contribution in [1.82, 2.24) is 5.43 Å². The molecular formula is C16H12F3N3O. The summed E-state index contributed by atoms with van der Waals surface area (Å²) < 4.78 is 38.9. The molecule has 2 aromatic rings. The van der Waals surface area contributed by atoms with Gasteiger partial charge in [0.15, 0.2) is 0 Å². The average molecular weight is 319 g/mol. The first-order valence-corrected chi connectivity index (χ1v) is 7.01. The lowest BCUT2D eigenvalue weighted by molar-refractivity contribution is -0.137. The second-order valence-corrected chi connectivity index (χ2v) is 5.58. The number of anilines is 2. The number of alkyl halides is 3. The zero-order valence-electron chi connectivity index (χ0n) is 12.1. The van der Waals surface area contributed by atoms with Crippen LogP contribution in [0, 0.1) is 0 Å². The molecule has 1 unspecified atom stereocenters. The van der Waals surface area contributed by atoms with Crippen LogP contribution in [0.4, 0.5) is 24.5 Å². The van der Waals surface area contributed by atoms with Crippen LogP contribution in [0.25, 0.3) is 0 Å². The van der Waals surface area contributed by atoms with Crippen LogP contribution in [0.2, 0.25) is 0 Å². The van der Waals surface area contributed by atoms with Crippen molar-refractivity contribution in [3.63, 3.8) is 0 Å². The van der Waals surface area contributed by atoms with Crippen molar-refractivity contribution in [3.05, 3.63) is 59.2 Å². The minimum Gasteiger partial charge on any atom is -0.347 e. The minimum absolute atomic E-state index is 0.324. The molecule has 1 N–H and O–H groups in total. The molecule has 4 rings (SSSR count). The van der Waals surface area contributed by atoms with Gasteiger partial charge in [-0.15, -0.1) is 0 Å². The first-order chi connectivity index (χ1) is 10.9. The summed E-state index contributed by atoms with van der Waals surface area (Å²) in [5, 5.41) is 1.50. The van der Waals surface area contributed by atoms with E-state index in [-0.39, 0.29) is 12.1 Å². The Hall–Kier alpha value is -2.70. The summed E-state index contributed by atoms with van der Waals surface area (Å²) >= 11 is 0. The van der Waals surface area contributed by atoms with Crippen molar-refractivity contribution < 1.29 is 18.0 Å². The molecule has 0 aromatic heterocycles. The molecule has 0 bridgehead atoms. The Morgan fingerprint density at radius 1 is 1.09 bits per heavy atom. The van der Waals surface area contributed by atoms with E-state index in [2.05, 4.69) is 5.43 Å². The fraction of sp³-hybridized carbons (Fsp3) is 0.188. The highest BCUT2D eigenvalue weighted by atomic mass is 19.4. The van der Waals surface area contributed by atoms with Gasteiger partial charge in [-0.1, -0.05) is 18.2 Å². The number of halogens is 3. The first kappa shape index (κ1) is 13.9. The molecule has 1 atom stereocenters. The fourth-order valence-electron chi connectivity index (χ4n) is 3.20. The van der Waals surface area contributed by atoms with E-state index in [4.69, 9.17) is 0 Å². The maximum Gasteiger partial charge on any atom is 0.416 e. The summed E-state index contributed by atoms with van der Waals surface area (Å²) in [6.45, 7) is 0. The van der Waals surface area contributed by atoms with Crippen LogP contribution in [0.5, 0.6) is 0 Å². The topological polar surface area (TPSA) is 35.6 Å². The zero-order chi connectivity index (χ0) is 16.4. The molecule has 7 heteroatoms. The quantitative estimate of drug-likeness (QED) is 0.809. The Morgan fingerprint density at radius 2 is 1.83 bits per heavy atom. The SMILES string of the molecule is CN1c2ccc(C(F)(F)F)cc2N2NC(=O)c3ccccc3C12. The van der Waals surface area contributed by atoms with E-state index in [0.29, 0.717) is 16.9 Å². The first-order valence-electron chi connectivity index (χ1n) is 7.01. The Labute approximate surface area is 130 Å². The summed E-state index contributed by atoms with van der Waals surface area (Å²) in [6, 6.07) is 10.7. The number of rotatable bonds is 0. The van der Waals surface area contributed by atoms with Gasteiger partial charge in [-0.3, -0.25) is 15.2 Å². The van der Waals surface area contributed by atoms with E-state index in [9.17, 15) is 18.0 Å². The number of nitrogens with one attached hydrogen (secondary N) is 1. The summed E-state index contributed by atoms with van der Waals surface area (Å²) in [6.07, 6.45) is -4.79. The number of amides is 1. The van der Waals surface area contributed by atoms with Gasteiger partial charge in [-0.25, -0.2) is 0 Å². The lowest BCUT2D eigenvalue weighted by Crippen LogP contribution is -2.50. The van der Waals surface area contributed by atoms with Crippen molar-refractivity contribution in [1.29, 1.82) is 0 Å². The Bertz CT molecular complexity index is 818. The molecule has 4 nitrogen and oxygen atoms in total. The summed E-state index contributed by atoms with van der Waals surface area (Å²) in [7, 11) is 1.80. The molecule has 0 saturated carbocycles. The van der Waals surface area contributed by atoms with Crippen molar-refractivity contribution in [2.45, 2.75) is 12.3 Å². The third kappa shape index (κ3) is 1.89. The van der Waals surface area contributed by atoms with Crippen LogP contribution in [-0.2, 0) is 6.18 Å². The minimum atomic E-state index is -4.43. The smallest absolute Gasteiger partial charge is 0.347 e. The van der Waals surface area contributed by atoms with Crippen LogP contribution in [0.3, 0.4) is 0 Å². The number of carbonyl (C=O) groups excluding carboxylic acids is 1. The van der Waals surface area contributed by atoms with Crippen molar-refractivity contribution in [2.75, 3.05) is 17.0 Å². The number of hydrazine groups is 1. The van der Waals surface area contributed by atoms with Crippen LogP contribution < -0.4 is 15.3 Å². The molecular weight excluding hydrogens is 307 g/mol. The van der Waals surface area contributed by atoms with Crippen molar-refractivity contribution in [2.24, 2.45) is 0 Å². The molecule has 0 aliphatic carbocycles. The normalized spacial score (nSPS) is 19.1. The largest absolute Gasteiger partial charge is 0.416 e. The fourth-order valence-corrected chi connectivity index (χ4v) is 3.20. The molecule has 118 valence electrons. The van der Waals surface area contributed by atoms with E-state index in [1.165, 1.54) is 11.1 Å². The molecule has 0 radical (unpaired) electrons. The molecule has 2 aliphatic rings. The molecule has 23 heavy (non-hydrogen) atoms. The molecule has 2 heterocycles. The highest BCUT2D eigenvalue weighted by Crippen LogP contribution is 2.48. The van der Waals surface area contributed by atoms with E-state index in [1.54, 1.807) is 19.2 Å². The molecule has 2 aliphatic heterocycles. The van der Waals surface area contributed by atoms with Crippen LogP contribution in [0.15, 0.2) is 42.5 Å². The average Bonchev–Trinajstić information content (AvgIpc) is 2.79. The molecule has 2 aromatic carbocycles. The van der Waals surface area contributed by atoms with E-state index in [0.717, 1.165) is 17.7 Å². The number of nitrogens with zero attached hydrogens (tertiary/aromatic N) is 2. The molecule has 0 fully saturated rings. The van der Waals surface area contributed by atoms with E-state index < -0.39 is 11.7 Å². The predicted molar refractivity (Wildman–Crippen MR) is 79.0 cm³/mol. The lowest BCUT2D eigenvalue weighted by atomic mass is 10.0. The van der Waals surface area contributed by atoms with Gasteiger partial charge >= 0.3 is 6.18 Å². The van der Waals surface area contributed by atoms with Gasteiger partial charge in [0.2, 0.25) is 0 Å². The number of carbonyl (C=O) groups is 1. The van der Waals surface area contributed by atoms with Crippen LogP contribution in [-0.4, -0.2) is 13.0 Å². The van der Waals surface area contributed by atoms with Crippen molar-refractivity contribution >= 4 is 17.3 Å². The highest BCUT2D eigenvalue weighted by Gasteiger charge is 2.42. The maximum atomic E-state index is 13.0. The summed E-state index contributed by atoms with van der Waals surface area (Å²) in [5.74, 6) is -0.324. The third-order valence-electron chi connectivity index (χ3n) is 4.26. The summed E-state index contributed by atoms with van der Waals surface area (Å²) in [5.41, 5.74) is 4.23. The van der Waals surface area contributed by atoms with Gasteiger partial charge in [0, 0.05) is 18.2 Å². The second-order valence-electron chi connectivity index (χ2n) is 5.58. The van der Waals surface area contributed by atoms with Gasteiger partial charge in [0.05, 0.1) is 16.9 Å². The molecule has 0 spiro atoms. The highest BCUT2D eigenvalue weighted by molar-refractivity contribution is 6.00. The second kappa shape index (κ2) is 4.41. The maximum absolute atomic E-state index is 13.0. The number of hydrogen-bond acceptors (Lipinski definition) is 3. The van der Waals surface area contributed by atoms with Gasteiger partial charge in [-0.2, -0.15) is 13.2 Å². The lowest BCUT2D eigenvalue weighted by Gasteiger charge is -2.36. The van der Waals surface area contributed by atoms with E-state index in [1.807, 2.05) is 17.0 Å². The van der Waals surface area contributed by atoms with Gasteiger partial charge in [-0.05, 0) is 24.3 Å². The van der Waals surface area contributed by atoms with Crippen LogP contribution >= 0.6 is 0 Å². The van der Waals surface area contributed by atoms with Crippen LogP contribution in [0.1, 0.15) is 27.7 Å². The number of fused-ring (bicyclic) bond motifs is 5. The van der Waals surface area contributed by atoms with Gasteiger partial charge in [0.25, 0.3) is 5.91 Å². The van der Waals surface area contributed by atoms with Crippen molar-refractivity contribution in [3.8, 4) is 0 Å². The Balaban J connectivity index is 1.88. The standard InChI is InChI=1S/C16H12F3N3O/c1-21-12-7-6-9(16(17,18)19)8-13(12)22-15(21)11-5-3-2-4-10(11)14(23)20-22/h2-8,15H,1H3,(H,20,23). The number of hydrogen-bond donors (Lipinski definition) is 1. The Kier molecular flexibility index (Phi) is 2.67.